The molecule has 4 N–H and O–H groups in total. The highest BCUT2D eigenvalue weighted by Crippen LogP contribution is 2.24. The minimum Gasteiger partial charge on any atom is -0.462 e. The average Bonchev–Trinajstić information content (AvgIpc) is 3.22. The summed E-state index contributed by atoms with van der Waals surface area (Å²) in [5.74, 6) is -2.06. The molecule has 0 bridgehead atoms. The van der Waals surface area contributed by atoms with Gasteiger partial charge in [0, 0.05) is 12.8 Å². The van der Waals surface area contributed by atoms with E-state index in [2.05, 4.69) is 98.9 Å². The van der Waals surface area contributed by atoms with Crippen LogP contribution in [0.15, 0.2) is 85.1 Å². The molecule has 0 aliphatic carbocycles. The first kappa shape index (κ1) is 55.8. The highest BCUT2D eigenvalue weighted by atomic mass is 32.2. The number of allylic oxidation sites excluding steroid dienone is 14. The fourth-order valence-electron chi connectivity index (χ4n) is 6.19. The largest absolute Gasteiger partial charge is 0.462 e. The summed E-state index contributed by atoms with van der Waals surface area (Å²) >= 11 is 0. The van der Waals surface area contributed by atoms with Crippen LogP contribution >= 0.6 is 0 Å². The molecule has 0 aromatic heterocycles. The van der Waals surface area contributed by atoms with E-state index in [1.807, 2.05) is 0 Å². The number of hydrogen-bond donors (Lipinski definition) is 4. The van der Waals surface area contributed by atoms with Crippen molar-refractivity contribution in [1.82, 2.24) is 0 Å². The van der Waals surface area contributed by atoms with Crippen LogP contribution in [-0.4, -0.2) is 96.0 Å². The standard InChI is InChI=1S/C48H78O12S/c1-3-5-7-9-11-13-15-17-19-20-21-22-23-25-27-29-31-33-35-37-44(50)59-41(39-58-48-47(53)46(52)45(51)42(60-48)40-61(54,55)56)38-57-43(49)36-34-32-30-28-26-24-18-16-14-12-10-8-6-4-2/h5,7,10-13,16-19,21-22,25,27,41-42,45-48,51-53H,3-4,6,8-9,14-15,20,23-24,26,28-40H2,1-2H3,(H,54,55,56)/b7-5+,12-10+,13-11+,18-16+,19-17+,22-21+,27-25+/t41-,42-,45-,46?,47?,48+/m1/s1. The number of ether oxygens (including phenoxy) is 4. The van der Waals surface area contributed by atoms with Crippen LogP contribution in [-0.2, 0) is 38.7 Å². The number of carbonyl (C=O) groups is 2. The summed E-state index contributed by atoms with van der Waals surface area (Å²) in [6, 6.07) is 0. The molecule has 348 valence electrons. The summed E-state index contributed by atoms with van der Waals surface area (Å²) in [5.41, 5.74) is 0. The molecule has 0 amide bonds. The fraction of sp³-hybridized carbons (Fsp3) is 0.667. The van der Waals surface area contributed by atoms with Crippen molar-refractivity contribution in [1.29, 1.82) is 0 Å². The Kier molecular flexibility index (Phi) is 34.2. The van der Waals surface area contributed by atoms with Crippen molar-refractivity contribution in [2.75, 3.05) is 19.0 Å². The summed E-state index contributed by atoms with van der Waals surface area (Å²) in [4.78, 5) is 25.4. The third-order valence-electron chi connectivity index (χ3n) is 9.71. The monoisotopic (exact) mass is 879 g/mol. The van der Waals surface area contributed by atoms with Crippen molar-refractivity contribution in [3.63, 3.8) is 0 Å². The molecule has 1 saturated heterocycles. The SMILES string of the molecule is CC/C=C/C/C=C/C/C=C/C/C=C/C/C=C/CCCCCC(=O)O[C@H](COC(=O)CCCCCCC/C=C/C/C=C/CCCC)CO[C@H]1O[C@H](CS(=O)(=O)O)[C@@H](O)C(O)C1O. The number of esters is 2. The quantitative estimate of drug-likeness (QED) is 0.0203. The zero-order valence-corrected chi connectivity index (χ0v) is 37.8. The summed E-state index contributed by atoms with van der Waals surface area (Å²) < 4.78 is 54.0. The van der Waals surface area contributed by atoms with Gasteiger partial charge in [0.25, 0.3) is 10.1 Å². The maximum Gasteiger partial charge on any atom is 0.306 e. The van der Waals surface area contributed by atoms with Crippen LogP contribution in [0.5, 0.6) is 0 Å². The van der Waals surface area contributed by atoms with E-state index < -0.39 is 71.2 Å². The Morgan fingerprint density at radius 1 is 0.574 bits per heavy atom. The first-order chi connectivity index (χ1) is 29.5. The van der Waals surface area contributed by atoms with E-state index in [1.54, 1.807) is 0 Å². The van der Waals surface area contributed by atoms with E-state index in [4.69, 9.17) is 18.9 Å². The Morgan fingerprint density at radius 2 is 1.03 bits per heavy atom. The zero-order valence-electron chi connectivity index (χ0n) is 37.0. The van der Waals surface area contributed by atoms with Crippen molar-refractivity contribution in [2.45, 2.75) is 185 Å². The molecular weight excluding hydrogens is 801 g/mol. The smallest absolute Gasteiger partial charge is 0.306 e. The van der Waals surface area contributed by atoms with E-state index in [1.165, 1.54) is 12.8 Å². The van der Waals surface area contributed by atoms with Crippen LogP contribution in [0.2, 0.25) is 0 Å². The molecule has 0 radical (unpaired) electrons. The Balaban J connectivity index is 2.49. The molecule has 1 fully saturated rings. The lowest BCUT2D eigenvalue weighted by Crippen LogP contribution is -2.60. The van der Waals surface area contributed by atoms with Crippen LogP contribution in [0.1, 0.15) is 149 Å². The van der Waals surface area contributed by atoms with Crippen molar-refractivity contribution in [2.24, 2.45) is 0 Å². The topological polar surface area (TPSA) is 186 Å². The lowest BCUT2D eigenvalue weighted by atomic mass is 10.00. The van der Waals surface area contributed by atoms with Crippen molar-refractivity contribution >= 4 is 22.1 Å². The summed E-state index contributed by atoms with van der Waals surface area (Å²) in [6.45, 7) is 3.55. The molecule has 0 saturated carbocycles. The van der Waals surface area contributed by atoms with Crippen molar-refractivity contribution < 1.29 is 56.8 Å². The molecular formula is C48H78O12S. The first-order valence-electron chi connectivity index (χ1n) is 22.6. The first-order valence-corrected chi connectivity index (χ1v) is 24.3. The van der Waals surface area contributed by atoms with Crippen molar-refractivity contribution in [3.05, 3.63) is 85.1 Å². The van der Waals surface area contributed by atoms with E-state index >= 15 is 0 Å². The molecule has 1 heterocycles. The highest BCUT2D eigenvalue weighted by molar-refractivity contribution is 7.85. The Bertz CT molecular complexity index is 1450. The summed E-state index contributed by atoms with van der Waals surface area (Å²) in [6.07, 6.45) is 39.1. The third kappa shape index (κ3) is 32.2. The van der Waals surface area contributed by atoms with E-state index in [9.17, 15) is 37.9 Å². The van der Waals surface area contributed by atoms with Gasteiger partial charge >= 0.3 is 11.9 Å². The molecule has 2 unspecified atom stereocenters. The predicted molar refractivity (Wildman–Crippen MR) is 242 cm³/mol. The fourth-order valence-corrected chi connectivity index (χ4v) is 6.88. The minimum absolute atomic E-state index is 0.117. The van der Waals surface area contributed by atoms with Gasteiger partial charge in [-0.2, -0.15) is 8.42 Å². The van der Waals surface area contributed by atoms with Crippen LogP contribution in [0.3, 0.4) is 0 Å². The molecule has 0 aromatic rings. The van der Waals surface area contributed by atoms with Gasteiger partial charge in [-0.3, -0.25) is 14.1 Å². The second-order valence-corrected chi connectivity index (χ2v) is 16.8. The summed E-state index contributed by atoms with van der Waals surface area (Å²) in [5, 5.41) is 30.9. The van der Waals surface area contributed by atoms with Gasteiger partial charge in [-0.05, 0) is 83.5 Å². The molecule has 6 atom stereocenters. The van der Waals surface area contributed by atoms with Crippen molar-refractivity contribution in [3.8, 4) is 0 Å². The molecule has 1 aliphatic heterocycles. The lowest BCUT2D eigenvalue weighted by molar-refractivity contribution is -0.297. The van der Waals surface area contributed by atoms with Crippen LogP contribution < -0.4 is 0 Å². The minimum atomic E-state index is -4.61. The number of carbonyl (C=O) groups excluding carboxylic acids is 2. The number of unbranched alkanes of at least 4 members (excludes halogenated alkanes) is 10. The molecule has 1 aliphatic rings. The molecule has 0 spiro atoms. The normalized spacial score (nSPS) is 20.8. The Hall–Kier alpha value is -3.17. The van der Waals surface area contributed by atoms with Gasteiger partial charge in [-0.1, -0.05) is 137 Å². The second kappa shape index (κ2) is 37.4. The maximum atomic E-state index is 12.8. The molecule has 1 rings (SSSR count). The van der Waals surface area contributed by atoms with Crippen LogP contribution in [0.4, 0.5) is 0 Å². The highest BCUT2D eigenvalue weighted by Gasteiger charge is 2.46. The Labute approximate surface area is 367 Å². The number of aliphatic hydroxyl groups is 3. The van der Waals surface area contributed by atoms with Gasteiger partial charge in [0.15, 0.2) is 12.4 Å². The third-order valence-corrected chi connectivity index (χ3v) is 10.5. The summed E-state index contributed by atoms with van der Waals surface area (Å²) in [7, 11) is -4.61. The van der Waals surface area contributed by atoms with Gasteiger partial charge in [0.1, 0.15) is 36.8 Å². The average molecular weight is 879 g/mol. The Morgan fingerprint density at radius 3 is 1.56 bits per heavy atom. The number of hydrogen-bond acceptors (Lipinski definition) is 11. The van der Waals surface area contributed by atoms with Crippen LogP contribution in [0, 0.1) is 0 Å². The van der Waals surface area contributed by atoms with E-state index in [0.29, 0.717) is 12.8 Å². The number of rotatable bonds is 36. The maximum absolute atomic E-state index is 12.8. The second-order valence-electron chi connectivity index (χ2n) is 15.3. The van der Waals surface area contributed by atoms with Crippen LogP contribution in [0.25, 0.3) is 0 Å². The molecule has 61 heavy (non-hydrogen) atoms. The zero-order chi connectivity index (χ0) is 44.8. The lowest BCUT2D eigenvalue weighted by Gasteiger charge is -2.40. The molecule has 12 nitrogen and oxygen atoms in total. The van der Waals surface area contributed by atoms with E-state index in [0.717, 1.165) is 96.3 Å². The number of aliphatic hydroxyl groups excluding tert-OH is 3. The predicted octanol–water partition coefficient (Wildman–Crippen LogP) is 9.28. The van der Waals surface area contributed by atoms with Gasteiger partial charge in [-0.15, -0.1) is 0 Å². The van der Waals surface area contributed by atoms with Gasteiger partial charge < -0.3 is 34.3 Å². The molecule has 13 heteroatoms. The van der Waals surface area contributed by atoms with Gasteiger partial charge in [0.2, 0.25) is 0 Å². The van der Waals surface area contributed by atoms with E-state index in [-0.39, 0.29) is 19.4 Å². The van der Waals surface area contributed by atoms with Gasteiger partial charge in [0.05, 0.1) is 6.61 Å². The van der Waals surface area contributed by atoms with Gasteiger partial charge in [-0.25, -0.2) is 0 Å². The molecule has 0 aromatic carbocycles.